The van der Waals surface area contributed by atoms with Gasteiger partial charge in [-0.15, -0.1) is 0 Å². The minimum Gasteiger partial charge on any atom is -0.481 e. The fraction of sp³-hybridized carbons (Fsp3) is 0.182. The van der Waals surface area contributed by atoms with Gasteiger partial charge in [0.2, 0.25) is 0 Å². The summed E-state index contributed by atoms with van der Waals surface area (Å²) in [5.41, 5.74) is 1.87. The second-order valence-corrected chi connectivity index (χ2v) is 3.48. The molecule has 82 valence electrons. The molecular weight excluding hydrogens is 206 g/mol. The molecule has 0 radical (unpaired) electrons. The quantitative estimate of drug-likeness (QED) is 0.828. The maximum absolute atomic E-state index is 10.5. The summed E-state index contributed by atoms with van der Waals surface area (Å²) in [6.07, 6.45) is 3.19. The van der Waals surface area contributed by atoms with Crippen LogP contribution in [-0.4, -0.2) is 25.8 Å². The van der Waals surface area contributed by atoms with Crippen LogP contribution in [0.5, 0.6) is 0 Å². The SMILES string of the molecule is O=C(O)Cc1ccc(Cn2cncn2)cc1. The first kappa shape index (κ1) is 10.4. The van der Waals surface area contributed by atoms with Crippen molar-refractivity contribution >= 4 is 5.97 Å². The second kappa shape index (κ2) is 4.57. The predicted octanol–water partition coefficient (Wildman–Crippen LogP) is 0.954. The van der Waals surface area contributed by atoms with E-state index >= 15 is 0 Å². The number of benzene rings is 1. The maximum atomic E-state index is 10.5. The molecule has 0 fully saturated rings. The Morgan fingerprint density at radius 1 is 1.25 bits per heavy atom. The molecule has 0 amide bonds. The number of carboxylic acids is 1. The first-order valence-electron chi connectivity index (χ1n) is 4.86. The van der Waals surface area contributed by atoms with Crippen molar-refractivity contribution in [2.75, 3.05) is 0 Å². The van der Waals surface area contributed by atoms with Gasteiger partial charge in [0.15, 0.2) is 0 Å². The molecule has 0 aliphatic rings. The molecule has 0 unspecified atom stereocenters. The Kier molecular flexibility index (Phi) is 2.95. The van der Waals surface area contributed by atoms with Gasteiger partial charge in [-0.05, 0) is 11.1 Å². The summed E-state index contributed by atoms with van der Waals surface area (Å²) in [6, 6.07) is 7.45. The number of aromatic nitrogens is 3. The van der Waals surface area contributed by atoms with Gasteiger partial charge in [-0.2, -0.15) is 5.10 Å². The maximum Gasteiger partial charge on any atom is 0.307 e. The number of hydrogen-bond acceptors (Lipinski definition) is 3. The van der Waals surface area contributed by atoms with Crippen molar-refractivity contribution in [1.82, 2.24) is 14.8 Å². The monoisotopic (exact) mass is 217 g/mol. The number of aliphatic carboxylic acids is 1. The highest BCUT2D eigenvalue weighted by molar-refractivity contribution is 5.70. The van der Waals surface area contributed by atoms with Crippen molar-refractivity contribution in [2.24, 2.45) is 0 Å². The van der Waals surface area contributed by atoms with Crippen LogP contribution in [0.1, 0.15) is 11.1 Å². The third-order valence-electron chi connectivity index (χ3n) is 2.19. The first-order valence-corrected chi connectivity index (χ1v) is 4.86. The Balaban J connectivity index is 2.05. The highest BCUT2D eigenvalue weighted by Gasteiger charge is 2.00. The first-order chi connectivity index (χ1) is 7.74. The van der Waals surface area contributed by atoms with Gasteiger partial charge < -0.3 is 5.11 Å². The van der Waals surface area contributed by atoms with E-state index in [-0.39, 0.29) is 6.42 Å². The molecule has 5 nitrogen and oxygen atoms in total. The molecule has 1 aromatic carbocycles. The highest BCUT2D eigenvalue weighted by atomic mass is 16.4. The Hall–Kier alpha value is -2.17. The van der Waals surface area contributed by atoms with Crippen LogP contribution >= 0.6 is 0 Å². The second-order valence-electron chi connectivity index (χ2n) is 3.48. The van der Waals surface area contributed by atoms with Crippen LogP contribution in [0.25, 0.3) is 0 Å². The zero-order chi connectivity index (χ0) is 11.4. The van der Waals surface area contributed by atoms with Gasteiger partial charge in [0.25, 0.3) is 0 Å². The topological polar surface area (TPSA) is 68.0 Å². The Bertz CT molecular complexity index is 462. The normalized spacial score (nSPS) is 10.2. The molecule has 0 spiro atoms. The molecule has 16 heavy (non-hydrogen) atoms. The molecule has 0 atom stereocenters. The van der Waals surface area contributed by atoms with Gasteiger partial charge in [0.1, 0.15) is 12.7 Å². The molecule has 0 saturated heterocycles. The van der Waals surface area contributed by atoms with Gasteiger partial charge >= 0.3 is 5.97 Å². The van der Waals surface area contributed by atoms with Crippen molar-refractivity contribution in [3.05, 3.63) is 48.0 Å². The van der Waals surface area contributed by atoms with Crippen molar-refractivity contribution in [3.8, 4) is 0 Å². The van der Waals surface area contributed by atoms with Crippen LogP contribution < -0.4 is 0 Å². The number of carboxylic acid groups (broad SMARTS) is 1. The van der Waals surface area contributed by atoms with Gasteiger partial charge in [-0.3, -0.25) is 4.79 Å². The fourth-order valence-electron chi connectivity index (χ4n) is 1.44. The van der Waals surface area contributed by atoms with Gasteiger partial charge in [-0.1, -0.05) is 24.3 Å². The summed E-state index contributed by atoms with van der Waals surface area (Å²) in [4.78, 5) is 14.3. The van der Waals surface area contributed by atoms with Crippen LogP contribution in [0, 0.1) is 0 Å². The Labute approximate surface area is 92.4 Å². The van der Waals surface area contributed by atoms with E-state index in [9.17, 15) is 4.79 Å². The third-order valence-corrected chi connectivity index (χ3v) is 2.19. The Morgan fingerprint density at radius 3 is 2.50 bits per heavy atom. The lowest BCUT2D eigenvalue weighted by Crippen LogP contribution is -2.02. The molecule has 0 aliphatic heterocycles. The summed E-state index contributed by atoms with van der Waals surface area (Å²) in [6.45, 7) is 0.646. The zero-order valence-corrected chi connectivity index (χ0v) is 8.58. The van der Waals surface area contributed by atoms with Crippen molar-refractivity contribution in [2.45, 2.75) is 13.0 Å². The van der Waals surface area contributed by atoms with E-state index in [2.05, 4.69) is 10.1 Å². The lowest BCUT2D eigenvalue weighted by molar-refractivity contribution is -0.136. The van der Waals surface area contributed by atoms with Gasteiger partial charge in [-0.25, -0.2) is 9.67 Å². The van der Waals surface area contributed by atoms with Crippen LogP contribution in [0.3, 0.4) is 0 Å². The van der Waals surface area contributed by atoms with E-state index in [1.807, 2.05) is 24.3 Å². The molecule has 2 rings (SSSR count). The molecule has 1 heterocycles. The van der Waals surface area contributed by atoms with E-state index in [1.54, 1.807) is 11.0 Å². The molecule has 0 bridgehead atoms. The van der Waals surface area contributed by atoms with Crippen molar-refractivity contribution in [1.29, 1.82) is 0 Å². The summed E-state index contributed by atoms with van der Waals surface area (Å²) in [7, 11) is 0. The number of nitrogens with zero attached hydrogens (tertiary/aromatic N) is 3. The summed E-state index contributed by atoms with van der Waals surface area (Å²) in [5.74, 6) is -0.816. The molecule has 0 aliphatic carbocycles. The lowest BCUT2D eigenvalue weighted by Gasteiger charge is -2.02. The smallest absolute Gasteiger partial charge is 0.307 e. The summed E-state index contributed by atoms with van der Waals surface area (Å²) >= 11 is 0. The van der Waals surface area contributed by atoms with Crippen LogP contribution in [0.15, 0.2) is 36.9 Å². The number of carbonyl (C=O) groups is 1. The molecular formula is C11H11N3O2. The summed E-state index contributed by atoms with van der Waals surface area (Å²) < 4.78 is 1.71. The average Bonchev–Trinajstić information content (AvgIpc) is 2.73. The fourth-order valence-corrected chi connectivity index (χ4v) is 1.44. The number of hydrogen-bond donors (Lipinski definition) is 1. The van der Waals surface area contributed by atoms with E-state index in [0.717, 1.165) is 11.1 Å². The van der Waals surface area contributed by atoms with Crippen molar-refractivity contribution < 1.29 is 9.90 Å². The highest BCUT2D eigenvalue weighted by Crippen LogP contribution is 2.06. The van der Waals surface area contributed by atoms with E-state index < -0.39 is 5.97 Å². The minimum atomic E-state index is -0.816. The molecule has 1 N–H and O–H groups in total. The van der Waals surface area contributed by atoms with E-state index in [4.69, 9.17) is 5.11 Å². The largest absolute Gasteiger partial charge is 0.481 e. The molecule has 0 saturated carbocycles. The van der Waals surface area contributed by atoms with Crippen LogP contribution in [0.4, 0.5) is 0 Å². The Morgan fingerprint density at radius 2 is 1.94 bits per heavy atom. The van der Waals surface area contributed by atoms with Crippen molar-refractivity contribution in [3.63, 3.8) is 0 Å². The van der Waals surface area contributed by atoms with Crippen LogP contribution in [-0.2, 0) is 17.8 Å². The lowest BCUT2D eigenvalue weighted by atomic mass is 10.1. The average molecular weight is 217 g/mol. The van der Waals surface area contributed by atoms with Gasteiger partial charge in [0, 0.05) is 0 Å². The van der Waals surface area contributed by atoms with E-state index in [0.29, 0.717) is 6.54 Å². The number of rotatable bonds is 4. The molecule has 5 heteroatoms. The zero-order valence-electron chi connectivity index (χ0n) is 8.58. The summed E-state index contributed by atoms with van der Waals surface area (Å²) in [5, 5.41) is 12.6. The predicted molar refractivity (Wildman–Crippen MR) is 56.9 cm³/mol. The standard InChI is InChI=1S/C11H11N3O2/c15-11(16)5-9-1-3-10(4-2-9)6-14-8-12-7-13-14/h1-4,7-8H,5-6H2,(H,15,16). The van der Waals surface area contributed by atoms with Gasteiger partial charge in [0.05, 0.1) is 13.0 Å². The third kappa shape index (κ3) is 2.66. The van der Waals surface area contributed by atoms with Crippen LogP contribution in [0.2, 0.25) is 0 Å². The van der Waals surface area contributed by atoms with E-state index in [1.165, 1.54) is 6.33 Å². The molecule has 1 aromatic heterocycles. The minimum absolute atomic E-state index is 0.0591. The molecule has 2 aromatic rings.